The second-order valence-electron chi connectivity index (χ2n) is 3.29. The van der Waals surface area contributed by atoms with Crippen molar-refractivity contribution in [1.29, 1.82) is 0 Å². The Hall–Kier alpha value is -1.09. The smallest absolute Gasteiger partial charge is 0.147 e. The lowest BCUT2D eigenvalue weighted by Gasteiger charge is -2.08. The Morgan fingerprint density at radius 2 is 1.59 bits per heavy atom. The largest absolute Gasteiger partial charge is 0.506 e. The summed E-state index contributed by atoms with van der Waals surface area (Å²) in [5.41, 5.74) is 0. The fraction of sp³-hybridized carbons (Fsp3) is 0. The van der Waals surface area contributed by atoms with E-state index >= 15 is 0 Å². The molecule has 0 atom stereocenters. The summed E-state index contributed by atoms with van der Waals surface area (Å²) < 4.78 is 5.49. The highest BCUT2D eigenvalue weighted by Crippen LogP contribution is 2.34. The number of rotatable bonds is 2. The molecule has 0 saturated heterocycles. The van der Waals surface area contributed by atoms with Gasteiger partial charge in [-0.25, -0.2) is 0 Å². The van der Waals surface area contributed by atoms with Gasteiger partial charge in [0.1, 0.15) is 17.2 Å². The van der Waals surface area contributed by atoms with E-state index in [1.165, 1.54) is 12.1 Å². The highest BCUT2D eigenvalue weighted by atomic mass is 35.5. The number of benzene rings is 2. The number of hydrogen-bond donors (Lipinski definition) is 1. The summed E-state index contributed by atoms with van der Waals surface area (Å²) in [6.07, 6.45) is 0. The standard InChI is InChI=1S/C12H7Cl3O2/c13-7-1-3-10(15)12(5-7)17-8-2-4-9(14)11(16)6-8/h1-6,16H. The van der Waals surface area contributed by atoms with E-state index < -0.39 is 0 Å². The molecule has 0 unspecified atom stereocenters. The van der Waals surface area contributed by atoms with E-state index in [2.05, 4.69) is 0 Å². The van der Waals surface area contributed by atoms with Crippen molar-refractivity contribution in [2.75, 3.05) is 0 Å². The van der Waals surface area contributed by atoms with Gasteiger partial charge in [-0.1, -0.05) is 34.8 Å². The van der Waals surface area contributed by atoms with Crippen molar-refractivity contribution >= 4 is 34.8 Å². The van der Waals surface area contributed by atoms with Crippen LogP contribution in [0.25, 0.3) is 0 Å². The summed E-state index contributed by atoms with van der Waals surface area (Å²) in [4.78, 5) is 0. The minimum absolute atomic E-state index is 0.0534. The van der Waals surface area contributed by atoms with Crippen LogP contribution >= 0.6 is 34.8 Å². The van der Waals surface area contributed by atoms with E-state index in [0.29, 0.717) is 21.5 Å². The van der Waals surface area contributed by atoms with E-state index in [9.17, 15) is 5.11 Å². The summed E-state index contributed by atoms with van der Waals surface area (Å²) in [6, 6.07) is 9.45. The van der Waals surface area contributed by atoms with Crippen LogP contribution in [0.2, 0.25) is 15.1 Å². The van der Waals surface area contributed by atoms with E-state index in [-0.39, 0.29) is 10.8 Å². The normalized spacial score (nSPS) is 10.3. The summed E-state index contributed by atoms with van der Waals surface area (Å²) in [7, 11) is 0. The molecular weight excluding hydrogens is 282 g/mol. The zero-order valence-corrected chi connectivity index (χ0v) is 10.7. The number of phenolic OH excluding ortho intramolecular Hbond substituents is 1. The van der Waals surface area contributed by atoms with Gasteiger partial charge in [-0.15, -0.1) is 0 Å². The SMILES string of the molecule is Oc1cc(Oc2cc(Cl)ccc2Cl)ccc1Cl. The van der Waals surface area contributed by atoms with Gasteiger partial charge < -0.3 is 9.84 Å². The van der Waals surface area contributed by atoms with Crippen LogP contribution in [0.1, 0.15) is 0 Å². The molecule has 0 aliphatic carbocycles. The second kappa shape index (κ2) is 5.05. The highest BCUT2D eigenvalue weighted by Gasteiger charge is 2.06. The van der Waals surface area contributed by atoms with Gasteiger partial charge in [0.05, 0.1) is 10.0 Å². The average molecular weight is 290 g/mol. The van der Waals surface area contributed by atoms with Crippen LogP contribution in [0.3, 0.4) is 0 Å². The third-order valence-electron chi connectivity index (χ3n) is 2.04. The zero-order chi connectivity index (χ0) is 12.4. The number of hydrogen-bond acceptors (Lipinski definition) is 2. The first kappa shape index (κ1) is 12.4. The van der Waals surface area contributed by atoms with Gasteiger partial charge in [0, 0.05) is 17.2 Å². The van der Waals surface area contributed by atoms with Crippen molar-refractivity contribution in [3.63, 3.8) is 0 Å². The molecule has 2 aromatic rings. The monoisotopic (exact) mass is 288 g/mol. The van der Waals surface area contributed by atoms with Crippen LogP contribution in [0.5, 0.6) is 17.2 Å². The number of ether oxygens (including phenoxy) is 1. The molecule has 5 heteroatoms. The van der Waals surface area contributed by atoms with Gasteiger partial charge in [-0.05, 0) is 24.3 Å². The molecule has 0 amide bonds. The lowest BCUT2D eigenvalue weighted by molar-refractivity contribution is 0.455. The molecule has 0 saturated carbocycles. The van der Waals surface area contributed by atoms with Crippen LogP contribution in [-0.2, 0) is 0 Å². The number of aromatic hydroxyl groups is 1. The molecule has 1 N–H and O–H groups in total. The Labute approximate surface area is 113 Å². The van der Waals surface area contributed by atoms with Crippen molar-refractivity contribution in [3.05, 3.63) is 51.5 Å². The molecule has 0 heterocycles. The van der Waals surface area contributed by atoms with E-state index in [1.807, 2.05) is 0 Å². The summed E-state index contributed by atoms with van der Waals surface area (Å²) in [5.74, 6) is 0.791. The lowest BCUT2D eigenvalue weighted by atomic mass is 10.3. The fourth-order valence-corrected chi connectivity index (χ4v) is 1.67. The minimum Gasteiger partial charge on any atom is -0.506 e. The molecule has 17 heavy (non-hydrogen) atoms. The van der Waals surface area contributed by atoms with E-state index in [1.54, 1.807) is 24.3 Å². The van der Waals surface area contributed by atoms with Crippen molar-refractivity contribution in [2.24, 2.45) is 0 Å². The van der Waals surface area contributed by atoms with Crippen LogP contribution in [0, 0.1) is 0 Å². The summed E-state index contributed by atoms with van der Waals surface area (Å²) >= 11 is 17.5. The number of phenols is 1. The van der Waals surface area contributed by atoms with Gasteiger partial charge in [-0.2, -0.15) is 0 Å². The van der Waals surface area contributed by atoms with E-state index in [0.717, 1.165) is 0 Å². The Morgan fingerprint density at radius 3 is 2.29 bits per heavy atom. The maximum atomic E-state index is 9.43. The molecule has 0 bridgehead atoms. The topological polar surface area (TPSA) is 29.5 Å². The second-order valence-corrected chi connectivity index (χ2v) is 4.54. The molecule has 0 aromatic heterocycles. The zero-order valence-electron chi connectivity index (χ0n) is 8.45. The fourth-order valence-electron chi connectivity index (χ4n) is 1.24. The van der Waals surface area contributed by atoms with Crippen molar-refractivity contribution in [2.45, 2.75) is 0 Å². The highest BCUT2D eigenvalue weighted by molar-refractivity contribution is 6.34. The molecule has 88 valence electrons. The Kier molecular flexibility index (Phi) is 3.67. The first-order chi connectivity index (χ1) is 8.06. The third-order valence-corrected chi connectivity index (χ3v) is 2.91. The average Bonchev–Trinajstić information content (AvgIpc) is 2.29. The third kappa shape index (κ3) is 2.97. The van der Waals surface area contributed by atoms with Gasteiger partial charge in [0.25, 0.3) is 0 Å². The Balaban J connectivity index is 2.31. The van der Waals surface area contributed by atoms with Crippen LogP contribution in [0.4, 0.5) is 0 Å². The maximum absolute atomic E-state index is 9.43. The van der Waals surface area contributed by atoms with Gasteiger partial charge in [0.2, 0.25) is 0 Å². The molecular formula is C12H7Cl3O2. The van der Waals surface area contributed by atoms with Crippen molar-refractivity contribution in [3.8, 4) is 17.2 Å². The molecule has 2 aromatic carbocycles. The van der Waals surface area contributed by atoms with Crippen LogP contribution in [-0.4, -0.2) is 5.11 Å². The molecule has 0 radical (unpaired) electrons. The van der Waals surface area contributed by atoms with Crippen molar-refractivity contribution < 1.29 is 9.84 Å². The molecule has 0 spiro atoms. The van der Waals surface area contributed by atoms with Crippen molar-refractivity contribution in [1.82, 2.24) is 0 Å². The predicted octanol–water partition coefficient (Wildman–Crippen LogP) is 5.14. The maximum Gasteiger partial charge on any atom is 0.147 e. The first-order valence-corrected chi connectivity index (χ1v) is 5.81. The van der Waals surface area contributed by atoms with E-state index in [4.69, 9.17) is 39.5 Å². The number of halogens is 3. The van der Waals surface area contributed by atoms with Gasteiger partial charge in [0.15, 0.2) is 0 Å². The Morgan fingerprint density at radius 1 is 0.882 bits per heavy atom. The molecule has 0 fully saturated rings. The van der Waals surface area contributed by atoms with Crippen LogP contribution < -0.4 is 4.74 Å². The molecule has 0 aliphatic rings. The summed E-state index contributed by atoms with van der Waals surface area (Å²) in [6.45, 7) is 0. The molecule has 0 aliphatic heterocycles. The minimum atomic E-state index is -0.0534. The summed E-state index contributed by atoms with van der Waals surface area (Å²) in [5, 5.41) is 10.6. The van der Waals surface area contributed by atoms with Crippen LogP contribution in [0.15, 0.2) is 36.4 Å². The predicted molar refractivity (Wildman–Crippen MR) is 69.7 cm³/mol. The van der Waals surface area contributed by atoms with Gasteiger partial charge >= 0.3 is 0 Å². The Bertz CT molecular complexity index is 555. The molecule has 2 nitrogen and oxygen atoms in total. The lowest BCUT2D eigenvalue weighted by Crippen LogP contribution is -1.85. The molecule has 2 rings (SSSR count). The van der Waals surface area contributed by atoms with Gasteiger partial charge in [-0.3, -0.25) is 0 Å². The quantitative estimate of drug-likeness (QED) is 0.829. The first-order valence-electron chi connectivity index (χ1n) is 4.67.